The van der Waals surface area contributed by atoms with Crippen LogP contribution in [-0.2, 0) is 4.74 Å². The highest BCUT2D eigenvalue weighted by molar-refractivity contribution is 6.45. The number of ether oxygens (including phenoxy) is 1. The molecule has 5 heteroatoms. The number of hydrogen-bond donors (Lipinski definition) is 0. The fraction of sp³-hybridized carbons (Fsp3) is 0.533. The number of halogens is 3. The zero-order chi connectivity index (χ0) is 15.1. The average Bonchev–Trinajstić information content (AvgIpc) is 2.40. The first kappa shape index (κ1) is 17.6. The van der Waals surface area contributed by atoms with E-state index in [1.165, 1.54) is 25.0 Å². The zero-order valence-electron chi connectivity index (χ0n) is 11.7. The topological polar surface area (TPSA) is 26.3 Å². The number of rotatable bonds is 7. The molecule has 0 fully saturated rings. The largest absolute Gasteiger partial charge is 0.462 e. The highest BCUT2D eigenvalue weighted by Crippen LogP contribution is 2.30. The Morgan fingerprint density at radius 1 is 1.25 bits per heavy atom. The third kappa shape index (κ3) is 5.51. The lowest BCUT2D eigenvalue weighted by Gasteiger charge is -2.12. The van der Waals surface area contributed by atoms with Gasteiger partial charge in [-0.25, -0.2) is 4.79 Å². The van der Waals surface area contributed by atoms with Crippen LogP contribution in [-0.4, -0.2) is 12.6 Å². The van der Waals surface area contributed by atoms with Crippen LogP contribution in [0, 0.1) is 5.92 Å². The van der Waals surface area contributed by atoms with Crippen LogP contribution in [0.4, 0.5) is 0 Å². The van der Waals surface area contributed by atoms with Gasteiger partial charge in [-0.15, -0.1) is 0 Å². The lowest BCUT2D eigenvalue weighted by Crippen LogP contribution is -2.12. The van der Waals surface area contributed by atoms with E-state index in [0.29, 0.717) is 17.5 Å². The molecule has 20 heavy (non-hydrogen) atoms. The van der Waals surface area contributed by atoms with Crippen LogP contribution in [0.25, 0.3) is 0 Å². The molecule has 0 saturated carbocycles. The van der Waals surface area contributed by atoms with Gasteiger partial charge in [0.15, 0.2) is 0 Å². The Morgan fingerprint density at radius 2 is 1.95 bits per heavy atom. The van der Waals surface area contributed by atoms with Crippen molar-refractivity contribution in [2.75, 3.05) is 6.61 Å². The number of benzene rings is 1. The van der Waals surface area contributed by atoms with Crippen LogP contribution in [0.5, 0.6) is 0 Å². The van der Waals surface area contributed by atoms with Crippen molar-refractivity contribution in [2.24, 2.45) is 5.92 Å². The summed E-state index contributed by atoms with van der Waals surface area (Å²) in [5, 5.41) is 0.796. The van der Waals surface area contributed by atoms with Crippen molar-refractivity contribution in [3.8, 4) is 0 Å². The van der Waals surface area contributed by atoms with Crippen molar-refractivity contribution >= 4 is 40.8 Å². The molecular formula is C15H19Cl3O2. The van der Waals surface area contributed by atoms with Crippen molar-refractivity contribution < 1.29 is 9.53 Å². The molecule has 0 aliphatic rings. The van der Waals surface area contributed by atoms with Crippen molar-refractivity contribution in [1.29, 1.82) is 0 Å². The number of esters is 1. The Kier molecular flexibility index (Phi) is 7.71. The van der Waals surface area contributed by atoms with Crippen molar-refractivity contribution in [3.05, 3.63) is 32.8 Å². The Hall–Kier alpha value is -0.440. The number of hydrogen-bond acceptors (Lipinski definition) is 2. The highest BCUT2D eigenvalue weighted by atomic mass is 35.5. The van der Waals surface area contributed by atoms with Gasteiger partial charge in [0.25, 0.3) is 0 Å². The minimum atomic E-state index is -0.484. The van der Waals surface area contributed by atoms with E-state index in [4.69, 9.17) is 39.5 Å². The lowest BCUT2D eigenvalue weighted by molar-refractivity contribution is 0.0443. The molecule has 0 aromatic heterocycles. The molecule has 1 aromatic rings. The summed E-state index contributed by atoms with van der Waals surface area (Å²) in [5.41, 5.74) is 0.213. The maximum Gasteiger partial charge on any atom is 0.339 e. The molecule has 2 nitrogen and oxygen atoms in total. The van der Waals surface area contributed by atoms with Crippen LogP contribution >= 0.6 is 34.8 Å². The molecule has 0 spiro atoms. The van der Waals surface area contributed by atoms with Gasteiger partial charge in [-0.2, -0.15) is 0 Å². The first-order valence-corrected chi connectivity index (χ1v) is 7.90. The minimum absolute atomic E-state index is 0.180. The highest BCUT2D eigenvalue weighted by Gasteiger charge is 2.16. The van der Waals surface area contributed by atoms with Crippen LogP contribution in [0.1, 0.15) is 49.9 Å². The average molecular weight is 338 g/mol. The van der Waals surface area contributed by atoms with E-state index >= 15 is 0 Å². The fourth-order valence-corrected chi connectivity index (χ4v) is 2.51. The molecule has 1 aromatic carbocycles. The summed E-state index contributed by atoms with van der Waals surface area (Å²) in [6.07, 6.45) is 4.58. The van der Waals surface area contributed by atoms with Crippen molar-refractivity contribution in [1.82, 2.24) is 0 Å². The van der Waals surface area contributed by atoms with E-state index in [1.54, 1.807) is 0 Å². The van der Waals surface area contributed by atoms with Crippen molar-refractivity contribution in [3.63, 3.8) is 0 Å². The molecule has 0 N–H and O–H groups in total. The van der Waals surface area contributed by atoms with Gasteiger partial charge < -0.3 is 4.74 Å². The molecule has 0 aliphatic carbocycles. The first-order chi connectivity index (χ1) is 9.45. The molecule has 0 saturated heterocycles. The lowest BCUT2D eigenvalue weighted by atomic mass is 10.0. The fourth-order valence-electron chi connectivity index (χ4n) is 1.83. The van der Waals surface area contributed by atoms with Gasteiger partial charge in [0.2, 0.25) is 0 Å². The van der Waals surface area contributed by atoms with Crippen LogP contribution < -0.4 is 0 Å². The normalized spacial score (nSPS) is 12.2. The van der Waals surface area contributed by atoms with Gasteiger partial charge in [0.05, 0.1) is 22.2 Å². The minimum Gasteiger partial charge on any atom is -0.462 e. The molecule has 0 heterocycles. The Balaban J connectivity index is 2.55. The summed E-state index contributed by atoms with van der Waals surface area (Å²) < 4.78 is 5.27. The molecule has 0 aliphatic heterocycles. The Bertz CT molecular complexity index is 461. The van der Waals surface area contributed by atoms with E-state index < -0.39 is 5.97 Å². The zero-order valence-corrected chi connectivity index (χ0v) is 14.0. The van der Waals surface area contributed by atoms with Gasteiger partial charge >= 0.3 is 5.97 Å². The molecule has 1 atom stereocenters. The number of carbonyl (C=O) groups excluding carboxylic acids is 1. The van der Waals surface area contributed by atoms with Crippen LogP contribution in [0.15, 0.2) is 12.1 Å². The number of carbonyl (C=O) groups is 1. The summed E-state index contributed by atoms with van der Waals surface area (Å²) in [6, 6.07) is 2.97. The van der Waals surface area contributed by atoms with Crippen molar-refractivity contribution in [2.45, 2.75) is 39.5 Å². The predicted molar refractivity (Wildman–Crippen MR) is 85.1 cm³/mol. The van der Waals surface area contributed by atoms with E-state index in [9.17, 15) is 4.79 Å². The quantitative estimate of drug-likeness (QED) is 0.345. The van der Waals surface area contributed by atoms with Gasteiger partial charge in [-0.1, -0.05) is 67.9 Å². The Morgan fingerprint density at radius 3 is 2.60 bits per heavy atom. The van der Waals surface area contributed by atoms with Gasteiger partial charge in [0, 0.05) is 5.02 Å². The molecule has 1 rings (SSSR count). The van der Waals surface area contributed by atoms with E-state index in [0.717, 1.165) is 12.8 Å². The summed E-state index contributed by atoms with van der Waals surface area (Å²) >= 11 is 17.7. The van der Waals surface area contributed by atoms with Gasteiger partial charge in [-0.3, -0.25) is 0 Å². The second kappa shape index (κ2) is 8.76. The summed E-state index contributed by atoms with van der Waals surface area (Å²) in [7, 11) is 0. The third-order valence-electron chi connectivity index (χ3n) is 3.01. The third-order valence-corrected chi connectivity index (χ3v) is 4.03. The van der Waals surface area contributed by atoms with Crippen LogP contribution in [0.3, 0.4) is 0 Å². The van der Waals surface area contributed by atoms with Gasteiger partial charge in [-0.05, 0) is 24.5 Å². The predicted octanol–water partition coefficient (Wildman–Crippen LogP) is 6.02. The molecule has 0 radical (unpaired) electrons. The first-order valence-electron chi connectivity index (χ1n) is 6.77. The molecule has 1 unspecified atom stereocenters. The summed E-state index contributed by atoms with van der Waals surface area (Å²) in [5.74, 6) is -0.152. The summed E-state index contributed by atoms with van der Waals surface area (Å²) in [6.45, 7) is 4.61. The molecular weight excluding hydrogens is 319 g/mol. The van der Waals surface area contributed by atoms with Crippen LogP contribution in [0.2, 0.25) is 15.1 Å². The maximum absolute atomic E-state index is 12.0. The monoisotopic (exact) mass is 336 g/mol. The second-order valence-electron chi connectivity index (χ2n) is 4.95. The van der Waals surface area contributed by atoms with E-state index in [1.807, 2.05) is 0 Å². The van der Waals surface area contributed by atoms with E-state index in [2.05, 4.69) is 13.8 Å². The smallest absolute Gasteiger partial charge is 0.339 e. The van der Waals surface area contributed by atoms with Gasteiger partial charge in [0.1, 0.15) is 0 Å². The molecule has 0 amide bonds. The SMILES string of the molecule is CCCCCC(C)COC(=O)c1cc(Cl)cc(Cl)c1Cl. The Labute approximate surface area is 135 Å². The standard InChI is InChI=1S/C15H19Cl3O2/c1-3-4-5-6-10(2)9-20-15(19)12-7-11(16)8-13(17)14(12)18/h7-8,10H,3-6,9H2,1-2H3. The number of unbranched alkanes of at least 4 members (excludes halogenated alkanes) is 2. The molecule has 112 valence electrons. The maximum atomic E-state index is 12.0. The van der Waals surface area contributed by atoms with E-state index in [-0.39, 0.29) is 15.6 Å². The second-order valence-corrected chi connectivity index (χ2v) is 6.17. The molecule has 0 bridgehead atoms. The summed E-state index contributed by atoms with van der Waals surface area (Å²) in [4.78, 5) is 12.0.